The number of carbonyl (C=O) groups excluding carboxylic acids is 1. The van der Waals surface area contributed by atoms with E-state index in [1.165, 1.54) is 24.1 Å². The highest BCUT2D eigenvalue weighted by molar-refractivity contribution is 7.92. The number of anilines is 1. The maximum atomic E-state index is 12.3. The van der Waals surface area contributed by atoms with E-state index < -0.39 is 10.0 Å². The highest BCUT2D eigenvalue weighted by Crippen LogP contribution is 2.22. The van der Waals surface area contributed by atoms with Gasteiger partial charge >= 0.3 is 0 Å². The van der Waals surface area contributed by atoms with Gasteiger partial charge in [0, 0.05) is 18.7 Å². The Morgan fingerprint density at radius 1 is 1.22 bits per heavy atom. The topological polar surface area (TPSA) is 95.2 Å². The van der Waals surface area contributed by atoms with Gasteiger partial charge in [-0.3, -0.25) is 14.2 Å². The van der Waals surface area contributed by atoms with Crippen molar-refractivity contribution in [2.75, 3.05) is 23.7 Å². The van der Waals surface area contributed by atoms with Crippen LogP contribution in [-0.2, 0) is 34.1 Å². The summed E-state index contributed by atoms with van der Waals surface area (Å²) in [7, 11) is -3.55. The molecule has 0 radical (unpaired) electrons. The molecule has 0 saturated heterocycles. The van der Waals surface area contributed by atoms with Crippen molar-refractivity contribution in [3.05, 3.63) is 46.8 Å². The Morgan fingerprint density at radius 2 is 1.93 bits per heavy atom. The van der Waals surface area contributed by atoms with Crippen LogP contribution < -0.4 is 9.62 Å². The second kappa shape index (κ2) is 8.12. The summed E-state index contributed by atoms with van der Waals surface area (Å²) in [6, 6.07) is 7.07. The van der Waals surface area contributed by atoms with Crippen LogP contribution >= 0.6 is 0 Å². The minimum Gasteiger partial charge on any atom is -0.354 e. The van der Waals surface area contributed by atoms with E-state index in [1.807, 2.05) is 19.1 Å². The lowest BCUT2D eigenvalue weighted by atomic mass is 9.95. The third kappa shape index (κ3) is 4.88. The molecule has 1 aromatic heterocycles. The van der Waals surface area contributed by atoms with E-state index >= 15 is 0 Å². The average molecular weight is 391 g/mol. The van der Waals surface area contributed by atoms with E-state index in [9.17, 15) is 13.2 Å². The molecule has 27 heavy (non-hydrogen) atoms. The summed E-state index contributed by atoms with van der Waals surface area (Å²) in [5.74, 6) is -0.328. The maximum absolute atomic E-state index is 12.3. The van der Waals surface area contributed by atoms with Crippen molar-refractivity contribution in [1.82, 2.24) is 15.5 Å². The highest BCUT2D eigenvalue weighted by atomic mass is 32.2. The molecule has 1 aliphatic rings. The van der Waals surface area contributed by atoms with E-state index in [1.54, 1.807) is 12.1 Å². The number of fused-ring (bicyclic) bond motifs is 1. The Bertz CT molecular complexity index is 904. The van der Waals surface area contributed by atoms with Gasteiger partial charge in [0.25, 0.3) is 0 Å². The number of aryl methyl sites for hydroxylation is 2. The monoisotopic (exact) mass is 390 g/mol. The first-order valence-corrected chi connectivity index (χ1v) is 11.1. The number of nitrogens with zero attached hydrogens (tertiary/aromatic N) is 2. The second-order valence-corrected chi connectivity index (χ2v) is 8.95. The SMILES string of the molecule is Cc1ccc(N(CC(=O)NCCc2n[nH]c3c2CCCC3)S(C)(=O)=O)cc1. The number of sulfonamides is 1. The summed E-state index contributed by atoms with van der Waals surface area (Å²) >= 11 is 0. The van der Waals surface area contributed by atoms with Gasteiger partial charge in [0.15, 0.2) is 0 Å². The molecule has 146 valence electrons. The number of benzene rings is 1. The summed E-state index contributed by atoms with van der Waals surface area (Å²) in [6.07, 6.45) is 6.17. The van der Waals surface area contributed by atoms with Gasteiger partial charge in [-0.15, -0.1) is 0 Å². The normalized spacial score (nSPS) is 13.9. The van der Waals surface area contributed by atoms with Crippen LogP contribution in [0.15, 0.2) is 24.3 Å². The molecule has 0 unspecified atom stereocenters. The first-order valence-electron chi connectivity index (χ1n) is 9.20. The second-order valence-electron chi connectivity index (χ2n) is 7.04. The predicted molar refractivity (Wildman–Crippen MR) is 105 cm³/mol. The third-order valence-corrected chi connectivity index (χ3v) is 5.98. The molecule has 7 nitrogen and oxygen atoms in total. The quantitative estimate of drug-likeness (QED) is 0.753. The number of aromatic nitrogens is 2. The van der Waals surface area contributed by atoms with Crippen molar-refractivity contribution in [3.8, 4) is 0 Å². The van der Waals surface area contributed by atoms with Gasteiger partial charge in [0.1, 0.15) is 6.54 Å². The number of H-pyrrole nitrogens is 1. The van der Waals surface area contributed by atoms with E-state index in [0.29, 0.717) is 18.7 Å². The molecule has 1 amide bonds. The molecule has 1 heterocycles. The van der Waals surface area contributed by atoms with Crippen LogP contribution in [0.25, 0.3) is 0 Å². The maximum Gasteiger partial charge on any atom is 0.240 e. The average Bonchev–Trinajstić information content (AvgIpc) is 3.03. The zero-order chi connectivity index (χ0) is 19.4. The minimum atomic E-state index is -3.55. The zero-order valence-electron chi connectivity index (χ0n) is 15.8. The lowest BCUT2D eigenvalue weighted by Gasteiger charge is -2.22. The molecule has 0 aliphatic heterocycles. The fraction of sp³-hybridized carbons (Fsp3) is 0.474. The summed E-state index contributed by atoms with van der Waals surface area (Å²) in [5, 5.41) is 10.3. The molecule has 0 spiro atoms. The van der Waals surface area contributed by atoms with Gasteiger partial charge in [-0.1, -0.05) is 17.7 Å². The lowest BCUT2D eigenvalue weighted by Crippen LogP contribution is -2.41. The van der Waals surface area contributed by atoms with Crippen molar-refractivity contribution < 1.29 is 13.2 Å². The van der Waals surface area contributed by atoms with E-state index in [2.05, 4.69) is 15.5 Å². The first kappa shape index (κ1) is 19.4. The van der Waals surface area contributed by atoms with Crippen molar-refractivity contribution in [2.45, 2.75) is 39.0 Å². The number of hydrogen-bond acceptors (Lipinski definition) is 4. The number of carbonyl (C=O) groups is 1. The van der Waals surface area contributed by atoms with Crippen molar-refractivity contribution >= 4 is 21.6 Å². The molecular weight excluding hydrogens is 364 g/mol. The Morgan fingerprint density at radius 3 is 2.63 bits per heavy atom. The van der Waals surface area contributed by atoms with Crippen molar-refractivity contribution in [1.29, 1.82) is 0 Å². The summed E-state index contributed by atoms with van der Waals surface area (Å²) in [5.41, 5.74) is 5.01. The minimum absolute atomic E-state index is 0.236. The van der Waals surface area contributed by atoms with Crippen LogP contribution in [0.2, 0.25) is 0 Å². The number of aromatic amines is 1. The lowest BCUT2D eigenvalue weighted by molar-refractivity contribution is -0.119. The standard InChI is InChI=1S/C19H26N4O3S/c1-14-7-9-15(10-8-14)23(27(2,25)26)13-19(24)20-12-11-18-16-5-3-4-6-17(16)21-22-18/h7-10H,3-6,11-13H2,1-2H3,(H,20,24)(H,21,22). The van der Waals surface area contributed by atoms with Gasteiger partial charge in [0.05, 0.1) is 17.6 Å². The van der Waals surface area contributed by atoms with E-state index in [-0.39, 0.29) is 12.5 Å². The van der Waals surface area contributed by atoms with Crippen LogP contribution in [0.5, 0.6) is 0 Å². The third-order valence-electron chi connectivity index (χ3n) is 4.84. The summed E-state index contributed by atoms with van der Waals surface area (Å²) in [6.45, 7) is 2.12. The van der Waals surface area contributed by atoms with Crippen LogP contribution in [0.3, 0.4) is 0 Å². The Labute approximate surface area is 160 Å². The van der Waals surface area contributed by atoms with E-state index in [0.717, 1.165) is 34.7 Å². The van der Waals surface area contributed by atoms with Gasteiger partial charge in [-0.05, 0) is 50.3 Å². The number of rotatable bonds is 7. The van der Waals surface area contributed by atoms with Crippen molar-refractivity contribution in [2.24, 2.45) is 0 Å². The van der Waals surface area contributed by atoms with E-state index in [4.69, 9.17) is 0 Å². The van der Waals surface area contributed by atoms with Gasteiger partial charge in [0.2, 0.25) is 15.9 Å². The first-order chi connectivity index (χ1) is 12.8. The zero-order valence-corrected chi connectivity index (χ0v) is 16.6. The number of hydrogen-bond donors (Lipinski definition) is 2. The Balaban J connectivity index is 1.58. The van der Waals surface area contributed by atoms with Crippen LogP contribution in [0, 0.1) is 6.92 Å². The molecule has 2 aromatic rings. The van der Waals surface area contributed by atoms with Crippen LogP contribution in [0.1, 0.15) is 35.4 Å². The van der Waals surface area contributed by atoms with Gasteiger partial charge in [-0.25, -0.2) is 8.42 Å². The molecule has 2 N–H and O–H groups in total. The van der Waals surface area contributed by atoms with Crippen molar-refractivity contribution in [3.63, 3.8) is 0 Å². The fourth-order valence-electron chi connectivity index (χ4n) is 3.37. The molecule has 0 bridgehead atoms. The highest BCUT2D eigenvalue weighted by Gasteiger charge is 2.21. The van der Waals surface area contributed by atoms with Crippen LogP contribution in [0.4, 0.5) is 5.69 Å². The Kier molecular flexibility index (Phi) is 5.84. The molecule has 1 aliphatic carbocycles. The largest absolute Gasteiger partial charge is 0.354 e. The van der Waals surface area contributed by atoms with Gasteiger partial charge in [-0.2, -0.15) is 5.10 Å². The number of amides is 1. The summed E-state index contributed by atoms with van der Waals surface area (Å²) < 4.78 is 25.3. The summed E-state index contributed by atoms with van der Waals surface area (Å²) in [4.78, 5) is 12.3. The molecule has 1 aromatic carbocycles. The smallest absolute Gasteiger partial charge is 0.240 e. The van der Waals surface area contributed by atoms with Gasteiger partial charge < -0.3 is 5.32 Å². The molecular formula is C19H26N4O3S. The fourth-order valence-corrected chi connectivity index (χ4v) is 4.23. The molecule has 0 atom stereocenters. The molecule has 0 saturated carbocycles. The van der Waals surface area contributed by atoms with Crippen LogP contribution in [-0.4, -0.2) is 43.9 Å². The predicted octanol–water partition coefficient (Wildman–Crippen LogP) is 1.72. The number of nitrogens with one attached hydrogen (secondary N) is 2. The Hall–Kier alpha value is -2.35. The molecule has 8 heteroatoms. The molecule has 3 rings (SSSR count). The molecule has 0 fully saturated rings.